The fourth-order valence-corrected chi connectivity index (χ4v) is 5.08. The summed E-state index contributed by atoms with van der Waals surface area (Å²) in [6.07, 6.45) is 7.28. The molecule has 0 spiro atoms. The molecule has 2 aromatic rings. The molecule has 2 aliphatic carbocycles. The first-order chi connectivity index (χ1) is 11.1. The highest BCUT2D eigenvalue weighted by molar-refractivity contribution is 9.10. The van der Waals surface area contributed by atoms with E-state index in [1.807, 2.05) is 0 Å². The Balaban J connectivity index is 1.84. The van der Waals surface area contributed by atoms with Crippen molar-refractivity contribution in [3.8, 4) is 11.1 Å². The van der Waals surface area contributed by atoms with Gasteiger partial charge in [0, 0.05) is 8.95 Å². The highest BCUT2D eigenvalue weighted by Crippen LogP contribution is 2.52. The lowest BCUT2D eigenvalue weighted by Gasteiger charge is -2.32. The van der Waals surface area contributed by atoms with Crippen LogP contribution in [0.5, 0.6) is 0 Å². The molecule has 0 radical (unpaired) electrons. The molecule has 23 heavy (non-hydrogen) atoms. The Morgan fingerprint density at radius 2 is 1.39 bits per heavy atom. The lowest BCUT2D eigenvalue weighted by Crippen LogP contribution is -2.29. The summed E-state index contributed by atoms with van der Waals surface area (Å²) < 4.78 is 2.07. The predicted molar refractivity (Wildman–Crippen MR) is 101 cm³/mol. The molecule has 1 nitrogen and oxygen atoms in total. The second kappa shape index (κ2) is 6.02. The minimum absolute atomic E-state index is 0.616. The smallest absolute Gasteiger partial charge is 0.116 e. The summed E-state index contributed by atoms with van der Waals surface area (Å²) in [6.45, 7) is 0. The number of rotatable bonds is 2. The Bertz CT molecular complexity index is 696. The molecular formula is C20H20Br2O. The maximum atomic E-state index is 11.8. The zero-order valence-electron chi connectivity index (χ0n) is 13.0. The molecule has 2 aromatic carbocycles. The SMILES string of the molecule is OC1(CC2CCCCC2)c2cc(Br)ccc2-c2ccc(Br)cc21. The van der Waals surface area contributed by atoms with Crippen molar-refractivity contribution < 1.29 is 5.11 Å². The quantitative estimate of drug-likeness (QED) is 0.578. The van der Waals surface area contributed by atoms with E-state index in [2.05, 4.69) is 68.3 Å². The van der Waals surface area contributed by atoms with E-state index in [0.29, 0.717) is 5.92 Å². The molecule has 0 heterocycles. The van der Waals surface area contributed by atoms with Gasteiger partial charge in [-0.25, -0.2) is 0 Å². The Morgan fingerprint density at radius 1 is 0.870 bits per heavy atom. The summed E-state index contributed by atoms with van der Waals surface area (Å²) in [6, 6.07) is 12.6. The zero-order chi connectivity index (χ0) is 16.0. The van der Waals surface area contributed by atoms with E-state index in [9.17, 15) is 5.11 Å². The van der Waals surface area contributed by atoms with Gasteiger partial charge in [-0.2, -0.15) is 0 Å². The summed E-state index contributed by atoms with van der Waals surface area (Å²) in [5.41, 5.74) is 3.61. The van der Waals surface area contributed by atoms with Crippen LogP contribution in [0, 0.1) is 5.92 Å². The number of hydrogen-bond donors (Lipinski definition) is 1. The number of fused-ring (bicyclic) bond motifs is 3. The number of aliphatic hydroxyl groups is 1. The van der Waals surface area contributed by atoms with E-state index in [-0.39, 0.29) is 0 Å². The van der Waals surface area contributed by atoms with Gasteiger partial charge in [0.25, 0.3) is 0 Å². The standard InChI is InChI=1S/C20H20Br2O/c21-14-6-8-16-17-9-7-15(22)11-19(17)20(23,18(16)10-14)12-13-4-2-1-3-5-13/h6-11,13,23H,1-5,12H2. The van der Waals surface area contributed by atoms with Gasteiger partial charge in [0.2, 0.25) is 0 Å². The lowest BCUT2D eigenvalue weighted by atomic mass is 9.77. The molecule has 0 aliphatic heterocycles. The normalized spacial score (nSPS) is 19.4. The van der Waals surface area contributed by atoms with Crippen molar-refractivity contribution in [1.82, 2.24) is 0 Å². The lowest BCUT2D eigenvalue weighted by molar-refractivity contribution is 0.0493. The summed E-state index contributed by atoms with van der Waals surface area (Å²) in [5, 5.41) is 11.8. The van der Waals surface area contributed by atoms with Crippen molar-refractivity contribution >= 4 is 31.9 Å². The fourth-order valence-electron chi connectivity index (χ4n) is 4.36. The minimum Gasteiger partial charge on any atom is -0.380 e. The van der Waals surface area contributed by atoms with Crippen molar-refractivity contribution in [3.05, 3.63) is 56.5 Å². The van der Waals surface area contributed by atoms with Crippen LogP contribution in [0.1, 0.15) is 49.7 Å². The Morgan fingerprint density at radius 3 is 1.91 bits per heavy atom. The van der Waals surface area contributed by atoms with Gasteiger partial charge in [0.05, 0.1) is 0 Å². The molecule has 0 aromatic heterocycles. The van der Waals surface area contributed by atoms with Crippen molar-refractivity contribution in [3.63, 3.8) is 0 Å². The van der Waals surface area contributed by atoms with Gasteiger partial charge in [-0.3, -0.25) is 0 Å². The van der Waals surface area contributed by atoms with Gasteiger partial charge in [0.1, 0.15) is 5.60 Å². The summed E-state index contributed by atoms with van der Waals surface area (Å²) >= 11 is 7.16. The third-order valence-electron chi connectivity index (χ3n) is 5.45. The van der Waals surface area contributed by atoms with E-state index >= 15 is 0 Å². The third kappa shape index (κ3) is 2.71. The van der Waals surface area contributed by atoms with Crippen LogP contribution in [0.15, 0.2) is 45.3 Å². The molecule has 120 valence electrons. The van der Waals surface area contributed by atoms with Gasteiger partial charge < -0.3 is 5.11 Å². The second-order valence-electron chi connectivity index (χ2n) is 6.95. The van der Waals surface area contributed by atoms with E-state index < -0.39 is 5.60 Å². The first-order valence-electron chi connectivity index (χ1n) is 8.41. The molecule has 2 aliphatic rings. The fraction of sp³-hybridized carbons (Fsp3) is 0.400. The predicted octanol–water partition coefficient (Wildman–Crippen LogP) is 6.40. The molecule has 1 N–H and O–H groups in total. The molecule has 4 rings (SSSR count). The summed E-state index contributed by atoms with van der Waals surface area (Å²) in [4.78, 5) is 0. The third-order valence-corrected chi connectivity index (χ3v) is 6.44. The van der Waals surface area contributed by atoms with Crippen LogP contribution < -0.4 is 0 Å². The van der Waals surface area contributed by atoms with Crippen LogP contribution in [-0.4, -0.2) is 5.11 Å². The van der Waals surface area contributed by atoms with Gasteiger partial charge in [-0.15, -0.1) is 0 Å². The van der Waals surface area contributed by atoms with Crippen LogP contribution in [0.4, 0.5) is 0 Å². The Hall–Kier alpha value is -0.640. The monoisotopic (exact) mass is 434 g/mol. The Labute approximate surface area is 154 Å². The average Bonchev–Trinajstić information content (AvgIpc) is 2.77. The molecular weight excluding hydrogens is 416 g/mol. The molecule has 1 saturated carbocycles. The van der Waals surface area contributed by atoms with Crippen LogP contribution in [0.2, 0.25) is 0 Å². The Kier molecular flexibility index (Phi) is 4.15. The minimum atomic E-state index is -0.861. The summed E-state index contributed by atoms with van der Waals surface area (Å²) in [7, 11) is 0. The van der Waals surface area contributed by atoms with Crippen molar-refractivity contribution in [2.24, 2.45) is 5.92 Å². The highest BCUT2D eigenvalue weighted by Gasteiger charge is 2.43. The van der Waals surface area contributed by atoms with Crippen LogP contribution in [0.25, 0.3) is 11.1 Å². The van der Waals surface area contributed by atoms with E-state index in [0.717, 1.165) is 26.5 Å². The number of halogens is 2. The van der Waals surface area contributed by atoms with Crippen LogP contribution in [-0.2, 0) is 5.60 Å². The highest BCUT2D eigenvalue weighted by atomic mass is 79.9. The molecule has 0 amide bonds. The molecule has 3 heteroatoms. The first kappa shape index (κ1) is 15.9. The first-order valence-corrected chi connectivity index (χ1v) is 9.99. The van der Waals surface area contributed by atoms with Crippen molar-refractivity contribution in [2.45, 2.75) is 44.1 Å². The van der Waals surface area contributed by atoms with Crippen molar-refractivity contribution in [1.29, 1.82) is 0 Å². The van der Waals surface area contributed by atoms with Crippen LogP contribution in [0.3, 0.4) is 0 Å². The van der Waals surface area contributed by atoms with Crippen LogP contribution >= 0.6 is 31.9 Å². The molecule has 0 saturated heterocycles. The molecule has 0 atom stereocenters. The van der Waals surface area contributed by atoms with E-state index in [1.165, 1.54) is 43.2 Å². The number of hydrogen-bond acceptors (Lipinski definition) is 1. The topological polar surface area (TPSA) is 20.2 Å². The number of benzene rings is 2. The van der Waals surface area contributed by atoms with Gasteiger partial charge in [0.15, 0.2) is 0 Å². The van der Waals surface area contributed by atoms with E-state index in [1.54, 1.807) is 0 Å². The molecule has 1 fully saturated rings. The zero-order valence-corrected chi connectivity index (χ0v) is 16.2. The second-order valence-corrected chi connectivity index (χ2v) is 8.78. The summed E-state index contributed by atoms with van der Waals surface area (Å²) in [5.74, 6) is 0.616. The maximum Gasteiger partial charge on any atom is 0.116 e. The molecule has 0 bridgehead atoms. The van der Waals surface area contributed by atoms with Gasteiger partial charge in [-0.05, 0) is 58.9 Å². The van der Waals surface area contributed by atoms with Gasteiger partial charge >= 0.3 is 0 Å². The van der Waals surface area contributed by atoms with Gasteiger partial charge in [-0.1, -0.05) is 76.1 Å². The maximum absolute atomic E-state index is 11.8. The largest absolute Gasteiger partial charge is 0.380 e. The van der Waals surface area contributed by atoms with Crippen molar-refractivity contribution in [2.75, 3.05) is 0 Å². The molecule has 0 unspecified atom stereocenters. The van der Waals surface area contributed by atoms with E-state index in [4.69, 9.17) is 0 Å². The average molecular weight is 436 g/mol.